The van der Waals surface area contributed by atoms with E-state index in [0.29, 0.717) is 12.0 Å². The lowest BCUT2D eigenvalue weighted by molar-refractivity contribution is -0.141. The highest BCUT2D eigenvalue weighted by atomic mass is 16.4. The van der Waals surface area contributed by atoms with E-state index >= 15 is 0 Å². The Morgan fingerprint density at radius 1 is 0.812 bits per heavy atom. The van der Waals surface area contributed by atoms with Gasteiger partial charge in [0.2, 0.25) is 11.8 Å². The van der Waals surface area contributed by atoms with Crippen molar-refractivity contribution in [2.24, 2.45) is 0 Å². The maximum atomic E-state index is 12.0. The average molecular weight is 449 g/mol. The summed E-state index contributed by atoms with van der Waals surface area (Å²) in [6.07, 6.45) is 13.8. The van der Waals surface area contributed by atoms with Gasteiger partial charge in [0.25, 0.3) is 0 Å². The Kier molecular flexibility index (Phi) is 14.6. The van der Waals surface area contributed by atoms with Crippen molar-refractivity contribution in [3.05, 3.63) is 29.8 Å². The predicted molar refractivity (Wildman–Crippen MR) is 125 cm³/mol. The van der Waals surface area contributed by atoms with Crippen LogP contribution in [0.3, 0.4) is 0 Å². The van der Waals surface area contributed by atoms with E-state index in [1.54, 1.807) is 12.1 Å². The molecular weight excluding hydrogens is 408 g/mol. The summed E-state index contributed by atoms with van der Waals surface area (Å²) in [4.78, 5) is 35.4. The molecule has 2 amide bonds. The maximum Gasteiger partial charge on any atom is 0.326 e. The van der Waals surface area contributed by atoms with Gasteiger partial charge in [-0.1, -0.05) is 83.3 Å². The molecule has 0 aromatic heterocycles. The van der Waals surface area contributed by atoms with Gasteiger partial charge in [-0.05, 0) is 24.1 Å². The standard InChI is InChI=1S/C25H40N2O5/c1-2-3-4-5-6-7-8-9-10-11-12-13-23(29)26-19-24(30)27-22(25(31)32)18-20-14-16-21(28)17-15-20/h14-17,22,28H,2-13,18-19H2,1H3,(H,26,29)(H,27,30)(H,31,32)/t22-/m0/s1. The van der Waals surface area contributed by atoms with E-state index in [1.807, 2.05) is 0 Å². The quantitative estimate of drug-likeness (QED) is 0.250. The van der Waals surface area contributed by atoms with Crippen LogP contribution < -0.4 is 10.6 Å². The van der Waals surface area contributed by atoms with Crippen LogP contribution in [0.15, 0.2) is 24.3 Å². The second-order valence-corrected chi connectivity index (χ2v) is 8.39. The monoisotopic (exact) mass is 448 g/mol. The number of aromatic hydroxyl groups is 1. The molecule has 0 unspecified atom stereocenters. The summed E-state index contributed by atoms with van der Waals surface area (Å²) in [6.45, 7) is 1.99. The lowest BCUT2D eigenvalue weighted by Crippen LogP contribution is -2.46. The van der Waals surface area contributed by atoms with Crippen molar-refractivity contribution in [1.29, 1.82) is 0 Å². The van der Waals surface area contributed by atoms with E-state index < -0.39 is 17.9 Å². The van der Waals surface area contributed by atoms with E-state index in [-0.39, 0.29) is 24.6 Å². The first-order valence-corrected chi connectivity index (χ1v) is 12.0. The van der Waals surface area contributed by atoms with Crippen LogP contribution in [0, 0.1) is 0 Å². The Balaban J connectivity index is 2.11. The zero-order valence-electron chi connectivity index (χ0n) is 19.4. The van der Waals surface area contributed by atoms with Gasteiger partial charge in [0.15, 0.2) is 0 Å². The molecule has 1 aromatic rings. The first kappa shape index (κ1) is 27.5. The number of amides is 2. The number of phenols is 1. The minimum atomic E-state index is -1.15. The van der Waals surface area contributed by atoms with Crippen LogP contribution in [0.25, 0.3) is 0 Å². The number of hydrogen-bond donors (Lipinski definition) is 4. The third kappa shape index (κ3) is 13.7. The smallest absolute Gasteiger partial charge is 0.326 e. The molecule has 0 heterocycles. The van der Waals surface area contributed by atoms with Crippen molar-refractivity contribution >= 4 is 17.8 Å². The minimum absolute atomic E-state index is 0.0881. The zero-order valence-corrected chi connectivity index (χ0v) is 19.4. The molecule has 1 rings (SSSR count). The Morgan fingerprint density at radius 3 is 1.88 bits per heavy atom. The average Bonchev–Trinajstić information content (AvgIpc) is 2.77. The van der Waals surface area contributed by atoms with Crippen LogP contribution in [0.5, 0.6) is 5.75 Å². The van der Waals surface area contributed by atoms with Crippen molar-refractivity contribution < 1.29 is 24.6 Å². The number of carboxylic acid groups (broad SMARTS) is 1. The van der Waals surface area contributed by atoms with E-state index in [1.165, 1.54) is 63.5 Å². The highest BCUT2D eigenvalue weighted by molar-refractivity contribution is 5.87. The molecule has 0 aliphatic rings. The molecule has 0 saturated heterocycles. The largest absolute Gasteiger partial charge is 0.508 e. The van der Waals surface area contributed by atoms with Crippen LogP contribution in [0.4, 0.5) is 0 Å². The van der Waals surface area contributed by atoms with E-state index in [9.17, 15) is 24.6 Å². The van der Waals surface area contributed by atoms with Crippen molar-refractivity contribution in [3.63, 3.8) is 0 Å². The van der Waals surface area contributed by atoms with Crippen LogP contribution in [-0.2, 0) is 20.8 Å². The Bertz CT molecular complexity index is 675. The number of benzene rings is 1. The van der Waals surface area contributed by atoms with Gasteiger partial charge in [0.05, 0.1) is 6.54 Å². The number of carbonyl (C=O) groups excluding carboxylic acids is 2. The fourth-order valence-electron chi connectivity index (χ4n) is 3.53. The second kappa shape index (κ2) is 17.0. The third-order valence-corrected chi connectivity index (χ3v) is 5.46. The number of unbranched alkanes of at least 4 members (excludes halogenated alkanes) is 10. The highest BCUT2D eigenvalue weighted by Crippen LogP contribution is 2.12. The molecule has 0 radical (unpaired) electrons. The molecule has 32 heavy (non-hydrogen) atoms. The lowest BCUT2D eigenvalue weighted by Gasteiger charge is -2.15. The lowest BCUT2D eigenvalue weighted by atomic mass is 10.1. The molecule has 0 aliphatic carbocycles. The van der Waals surface area contributed by atoms with Gasteiger partial charge in [0.1, 0.15) is 11.8 Å². The summed E-state index contributed by atoms with van der Waals surface area (Å²) >= 11 is 0. The number of aliphatic carboxylic acids is 1. The third-order valence-electron chi connectivity index (χ3n) is 5.46. The van der Waals surface area contributed by atoms with Gasteiger partial charge in [-0.25, -0.2) is 4.79 Å². The number of hydrogen-bond acceptors (Lipinski definition) is 4. The molecule has 0 saturated carbocycles. The number of phenolic OH excluding ortho intramolecular Hbond substituents is 1. The van der Waals surface area contributed by atoms with Crippen molar-refractivity contribution in [2.75, 3.05) is 6.54 Å². The summed E-state index contributed by atoms with van der Waals surface area (Å²) in [6, 6.07) is 5.03. The number of carboxylic acids is 1. The van der Waals surface area contributed by atoms with E-state index in [0.717, 1.165) is 19.3 Å². The molecule has 1 atom stereocenters. The molecule has 0 aliphatic heterocycles. The second-order valence-electron chi connectivity index (χ2n) is 8.39. The molecule has 7 nitrogen and oxygen atoms in total. The number of nitrogens with one attached hydrogen (secondary N) is 2. The van der Waals surface area contributed by atoms with Crippen LogP contribution in [0.2, 0.25) is 0 Å². The Labute approximate surface area is 192 Å². The fraction of sp³-hybridized carbons (Fsp3) is 0.640. The van der Waals surface area contributed by atoms with Crippen molar-refractivity contribution in [3.8, 4) is 5.75 Å². The van der Waals surface area contributed by atoms with Gasteiger partial charge in [-0.3, -0.25) is 9.59 Å². The summed E-state index contributed by atoms with van der Waals surface area (Å²) in [5.74, 6) is -1.80. The minimum Gasteiger partial charge on any atom is -0.508 e. The topological polar surface area (TPSA) is 116 Å². The van der Waals surface area contributed by atoms with E-state index in [2.05, 4.69) is 17.6 Å². The summed E-state index contributed by atoms with van der Waals surface area (Å²) < 4.78 is 0. The maximum absolute atomic E-state index is 12.0. The van der Waals surface area contributed by atoms with Crippen LogP contribution in [-0.4, -0.2) is 40.6 Å². The van der Waals surface area contributed by atoms with Crippen LogP contribution >= 0.6 is 0 Å². The van der Waals surface area contributed by atoms with Crippen molar-refractivity contribution in [1.82, 2.24) is 10.6 Å². The van der Waals surface area contributed by atoms with E-state index in [4.69, 9.17) is 0 Å². The van der Waals surface area contributed by atoms with Gasteiger partial charge in [0, 0.05) is 12.8 Å². The first-order valence-electron chi connectivity index (χ1n) is 12.0. The molecule has 7 heteroatoms. The normalized spacial score (nSPS) is 11.7. The molecule has 180 valence electrons. The van der Waals surface area contributed by atoms with Gasteiger partial charge < -0.3 is 20.8 Å². The molecule has 1 aromatic carbocycles. The molecule has 0 bridgehead atoms. The Hall–Kier alpha value is -2.57. The number of carbonyl (C=O) groups is 3. The first-order chi connectivity index (χ1) is 15.4. The SMILES string of the molecule is CCCCCCCCCCCCCC(=O)NCC(=O)N[C@@H](Cc1ccc(O)cc1)C(=O)O. The van der Waals surface area contributed by atoms with Gasteiger partial charge in [-0.2, -0.15) is 0 Å². The van der Waals surface area contributed by atoms with Gasteiger partial charge in [-0.15, -0.1) is 0 Å². The summed E-state index contributed by atoms with van der Waals surface area (Å²) in [5, 5.41) is 23.6. The molecular formula is C25H40N2O5. The predicted octanol–water partition coefficient (Wildman–Crippen LogP) is 4.32. The Morgan fingerprint density at radius 2 is 1.34 bits per heavy atom. The zero-order chi connectivity index (χ0) is 23.6. The summed E-state index contributed by atoms with van der Waals surface area (Å²) in [5.41, 5.74) is 0.677. The highest BCUT2D eigenvalue weighted by Gasteiger charge is 2.20. The molecule has 0 fully saturated rings. The number of rotatable bonds is 18. The molecule has 0 spiro atoms. The van der Waals surface area contributed by atoms with Crippen LogP contribution in [0.1, 0.15) is 89.5 Å². The fourth-order valence-corrected chi connectivity index (χ4v) is 3.53. The van der Waals surface area contributed by atoms with Gasteiger partial charge >= 0.3 is 5.97 Å². The summed E-state index contributed by atoms with van der Waals surface area (Å²) in [7, 11) is 0. The van der Waals surface area contributed by atoms with Crippen molar-refractivity contribution in [2.45, 2.75) is 96.4 Å². The molecule has 4 N–H and O–H groups in total.